The first kappa shape index (κ1) is 22.9. The number of ketones is 2. The van der Waals surface area contributed by atoms with Crippen LogP contribution < -0.4 is 11.5 Å². The average Bonchev–Trinajstić information content (AvgIpc) is 2.50. The second kappa shape index (κ2) is 10.7. The zero-order valence-electron chi connectivity index (χ0n) is 14.2. The van der Waals surface area contributed by atoms with Crippen LogP contribution in [-0.4, -0.2) is 59.3 Å². The van der Waals surface area contributed by atoms with E-state index in [9.17, 15) is 19.2 Å². The summed E-state index contributed by atoms with van der Waals surface area (Å²) >= 11 is 0. The number of rotatable bonds is 11. The van der Waals surface area contributed by atoms with Crippen molar-refractivity contribution in [2.75, 3.05) is 19.0 Å². The second-order valence-electron chi connectivity index (χ2n) is 4.80. The molecule has 0 radical (unpaired) electrons. The molecule has 4 N–H and O–H groups in total. The number of esters is 2. The van der Waals surface area contributed by atoms with Crippen LogP contribution in [0.15, 0.2) is 0 Å². The predicted molar refractivity (Wildman–Crippen MR) is 93.4 cm³/mol. The van der Waals surface area contributed by atoms with E-state index in [0.717, 1.165) is 21.6 Å². The van der Waals surface area contributed by atoms with Gasteiger partial charge in [0.25, 0.3) is 0 Å². The average molecular weight is 380 g/mol. The first-order valence-electron chi connectivity index (χ1n) is 7.32. The third-order valence-corrected chi connectivity index (χ3v) is 6.31. The van der Waals surface area contributed by atoms with Crippen molar-refractivity contribution in [3.05, 3.63) is 0 Å². The largest absolute Gasteiger partial charge is 0.465 e. The molecule has 0 aromatic heterocycles. The Morgan fingerprint density at radius 2 is 1.42 bits per heavy atom. The van der Waals surface area contributed by atoms with Crippen LogP contribution in [0.25, 0.3) is 0 Å². The predicted octanol–water partition coefficient (Wildman–Crippen LogP) is 0.0654. The molecule has 0 spiro atoms. The lowest BCUT2D eigenvalue weighted by Gasteiger charge is -2.31. The van der Waals surface area contributed by atoms with Gasteiger partial charge in [-0.3, -0.25) is 19.2 Å². The summed E-state index contributed by atoms with van der Waals surface area (Å²) in [5, 5.41) is 0. The molecule has 0 fully saturated rings. The summed E-state index contributed by atoms with van der Waals surface area (Å²) in [6, 6.07) is -2.37. The van der Waals surface area contributed by atoms with Gasteiger partial charge in [-0.05, 0) is 27.7 Å². The van der Waals surface area contributed by atoms with Gasteiger partial charge in [-0.2, -0.15) is 0 Å². The number of hydrogen-bond donors (Lipinski definition) is 2. The van der Waals surface area contributed by atoms with Crippen molar-refractivity contribution in [3.63, 3.8) is 0 Å². The maximum absolute atomic E-state index is 12.1. The van der Waals surface area contributed by atoms with Crippen molar-refractivity contribution in [1.82, 2.24) is 0 Å². The number of ether oxygens (including phenoxy) is 2. The summed E-state index contributed by atoms with van der Waals surface area (Å²) in [5.74, 6) is -2.49. The molecular weight excluding hydrogens is 356 g/mol. The number of carbonyl (C=O) groups excluding carboxylic acids is 4. The fourth-order valence-electron chi connectivity index (χ4n) is 1.77. The van der Waals surface area contributed by atoms with Crippen LogP contribution >= 0.6 is 21.6 Å². The molecule has 0 heterocycles. The zero-order valence-corrected chi connectivity index (χ0v) is 15.8. The molecule has 138 valence electrons. The van der Waals surface area contributed by atoms with Gasteiger partial charge in [0.05, 0.1) is 13.2 Å². The summed E-state index contributed by atoms with van der Waals surface area (Å²) < 4.78 is 7.80. The molecule has 0 aromatic carbocycles. The van der Waals surface area contributed by atoms with Gasteiger partial charge < -0.3 is 20.9 Å². The molecule has 0 saturated carbocycles. The van der Waals surface area contributed by atoms with Crippen LogP contribution in [0.5, 0.6) is 0 Å². The van der Waals surface area contributed by atoms with Gasteiger partial charge in [0.1, 0.15) is 12.1 Å². The van der Waals surface area contributed by atoms with Crippen molar-refractivity contribution < 1.29 is 28.7 Å². The van der Waals surface area contributed by atoms with E-state index in [1.807, 2.05) is 0 Å². The van der Waals surface area contributed by atoms with Gasteiger partial charge in [0.15, 0.2) is 16.3 Å². The number of hydrogen-bond acceptors (Lipinski definition) is 10. The molecular formula is C14H24N2O6S2. The molecule has 2 atom stereocenters. The normalized spacial score (nSPS) is 13.8. The highest BCUT2D eigenvalue weighted by atomic mass is 33.1. The summed E-state index contributed by atoms with van der Waals surface area (Å²) in [4.78, 5) is 47.6. The van der Waals surface area contributed by atoms with Gasteiger partial charge in [-0.1, -0.05) is 21.6 Å². The minimum atomic E-state index is -1.80. The van der Waals surface area contributed by atoms with Crippen LogP contribution in [0.1, 0.15) is 27.7 Å². The fraction of sp³-hybridized carbons (Fsp3) is 0.714. The highest BCUT2D eigenvalue weighted by Crippen LogP contribution is 2.40. The number of nitrogens with two attached hydrogens (primary N) is 2. The summed E-state index contributed by atoms with van der Waals surface area (Å²) in [6.07, 6.45) is 0. The monoisotopic (exact) mass is 380 g/mol. The number of Topliss-reactive ketones (excluding diaryl/α,β-unsaturated/α-hetero) is 2. The molecule has 8 nitrogen and oxygen atoms in total. The Morgan fingerprint density at radius 1 is 0.958 bits per heavy atom. The number of carbonyl (C=O) groups is 4. The highest BCUT2D eigenvalue weighted by Gasteiger charge is 2.51. The lowest BCUT2D eigenvalue weighted by atomic mass is 9.91. The first-order chi connectivity index (χ1) is 11.1. The Labute approximate surface area is 149 Å². The van der Waals surface area contributed by atoms with Crippen LogP contribution in [0.2, 0.25) is 0 Å². The Hall–Kier alpha value is -1.10. The third kappa shape index (κ3) is 5.76. The summed E-state index contributed by atoms with van der Waals surface area (Å²) in [6.45, 7) is 5.88. The summed E-state index contributed by atoms with van der Waals surface area (Å²) in [7, 11) is 1.82. The van der Waals surface area contributed by atoms with E-state index < -0.39 is 40.3 Å². The summed E-state index contributed by atoms with van der Waals surface area (Å²) in [5.41, 5.74) is 11.5. The van der Waals surface area contributed by atoms with Gasteiger partial charge in [0, 0.05) is 5.75 Å². The van der Waals surface area contributed by atoms with Crippen LogP contribution in [-0.2, 0) is 28.7 Å². The Kier molecular flexibility index (Phi) is 10.2. The van der Waals surface area contributed by atoms with Crippen molar-refractivity contribution >= 4 is 45.1 Å². The minimum Gasteiger partial charge on any atom is -0.465 e. The molecule has 0 rings (SSSR count). The lowest BCUT2D eigenvalue weighted by molar-refractivity contribution is -0.148. The van der Waals surface area contributed by atoms with Crippen molar-refractivity contribution in [3.8, 4) is 0 Å². The topological polar surface area (TPSA) is 139 Å². The second-order valence-corrected chi connectivity index (χ2v) is 7.39. The highest BCUT2D eigenvalue weighted by molar-refractivity contribution is 8.77. The molecule has 0 unspecified atom stereocenters. The molecule has 0 aliphatic heterocycles. The standard InChI is InChI=1S/C14H24N2O6S2/c1-5-21-12(19)10(15)7-23-24-14(8(3)17,9(4)18)11(16)13(20)22-6-2/h10-11H,5-7,15-16H2,1-4H3/t10-,11+/m0/s1. The SMILES string of the molecule is CCOC(=O)[C@@H](N)C(SSC[C@H](N)C(=O)OCC)(C(C)=O)C(C)=O. The van der Waals surface area contributed by atoms with Crippen molar-refractivity contribution in [2.45, 2.75) is 44.5 Å². The van der Waals surface area contributed by atoms with Crippen LogP contribution in [0.4, 0.5) is 0 Å². The molecule has 0 saturated heterocycles. The molecule has 24 heavy (non-hydrogen) atoms. The van der Waals surface area contributed by atoms with Crippen molar-refractivity contribution in [2.24, 2.45) is 11.5 Å². The first-order valence-corrected chi connectivity index (χ1v) is 9.64. The maximum atomic E-state index is 12.1. The van der Waals surface area contributed by atoms with Gasteiger partial charge in [-0.25, -0.2) is 0 Å². The van der Waals surface area contributed by atoms with Crippen LogP contribution in [0, 0.1) is 0 Å². The fourth-order valence-corrected chi connectivity index (χ4v) is 4.96. The van der Waals surface area contributed by atoms with Gasteiger partial charge in [0.2, 0.25) is 0 Å². The third-order valence-electron chi connectivity index (χ3n) is 3.05. The molecule has 0 amide bonds. The Bertz CT molecular complexity index is 472. The van der Waals surface area contributed by atoms with E-state index in [2.05, 4.69) is 0 Å². The van der Waals surface area contributed by atoms with Crippen molar-refractivity contribution in [1.29, 1.82) is 0 Å². The lowest BCUT2D eigenvalue weighted by Crippen LogP contribution is -2.59. The Morgan fingerprint density at radius 3 is 1.83 bits per heavy atom. The smallest absolute Gasteiger partial charge is 0.325 e. The molecule has 0 aliphatic rings. The van der Waals surface area contributed by atoms with Crippen LogP contribution in [0.3, 0.4) is 0 Å². The quantitative estimate of drug-likeness (QED) is 0.287. The Balaban J connectivity index is 5.17. The zero-order chi connectivity index (χ0) is 18.9. The van der Waals surface area contributed by atoms with E-state index in [1.54, 1.807) is 13.8 Å². The molecule has 10 heteroatoms. The maximum Gasteiger partial charge on any atom is 0.325 e. The molecule has 0 aliphatic carbocycles. The van der Waals surface area contributed by atoms with E-state index in [1.165, 1.54) is 13.8 Å². The van der Waals surface area contributed by atoms with E-state index in [0.29, 0.717) is 0 Å². The van der Waals surface area contributed by atoms with E-state index in [-0.39, 0.29) is 19.0 Å². The molecule has 0 aromatic rings. The molecule has 0 bridgehead atoms. The van der Waals surface area contributed by atoms with E-state index in [4.69, 9.17) is 20.9 Å². The minimum absolute atomic E-state index is 0.0734. The van der Waals surface area contributed by atoms with E-state index >= 15 is 0 Å². The van der Waals surface area contributed by atoms with Gasteiger partial charge >= 0.3 is 11.9 Å². The van der Waals surface area contributed by atoms with Gasteiger partial charge in [-0.15, -0.1) is 0 Å².